The van der Waals surface area contributed by atoms with Crippen LogP contribution in [0.3, 0.4) is 0 Å². The van der Waals surface area contributed by atoms with E-state index in [0.29, 0.717) is 12.2 Å². The van der Waals surface area contributed by atoms with Gasteiger partial charge in [-0.3, -0.25) is 4.79 Å². The highest BCUT2D eigenvalue weighted by molar-refractivity contribution is 5.94. The topological polar surface area (TPSA) is 88.6 Å². The van der Waals surface area contributed by atoms with Crippen molar-refractivity contribution in [2.75, 3.05) is 33.4 Å². The summed E-state index contributed by atoms with van der Waals surface area (Å²) in [6.45, 7) is 14.6. The number of likely N-dealkylation sites (N-methyl/N-ethyl adjacent to an activating group) is 1. The minimum atomic E-state index is -0.152. The first-order valence-electron chi connectivity index (χ1n) is 11.2. The molecule has 1 fully saturated rings. The SMILES string of the molecule is C=O.C=O.CC.CN1CCOCC1.Cc1ccc(CNC(=O)c2ccc3ccccc3n2)cc1. The quantitative estimate of drug-likeness (QED) is 0.624. The van der Waals surface area contributed by atoms with Crippen molar-refractivity contribution in [3.05, 3.63) is 77.5 Å². The molecule has 2 aromatic carbocycles. The average molecular weight is 468 g/mol. The zero-order chi connectivity index (χ0) is 25.8. The highest BCUT2D eigenvalue weighted by Crippen LogP contribution is 2.12. The van der Waals surface area contributed by atoms with Crippen molar-refractivity contribution in [3.8, 4) is 0 Å². The van der Waals surface area contributed by atoms with E-state index in [1.807, 2.05) is 88.9 Å². The normalized spacial score (nSPS) is 12.1. The first-order chi connectivity index (χ1) is 16.6. The van der Waals surface area contributed by atoms with Gasteiger partial charge in [-0.2, -0.15) is 0 Å². The first kappa shape index (κ1) is 30.6. The summed E-state index contributed by atoms with van der Waals surface area (Å²) >= 11 is 0. The van der Waals surface area contributed by atoms with Crippen LogP contribution >= 0.6 is 0 Å². The summed E-state index contributed by atoms with van der Waals surface area (Å²) in [6, 6.07) is 19.6. The second-order valence-corrected chi connectivity index (χ2v) is 6.97. The van der Waals surface area contributed by atoms with E-state index >= 15 is 0 Å². The molecule has 0 saturated carbocycles. The first-order valence-corrected chi connectivity index (χ1v) is 11.2. The number of hydrogen-bond acceptors (Lipinski definition) is 6. The number of para-hydroxylation sites is 1. The molecular formula is C27H37N3O4. The summed E-state index contributed by atoms with van der Waals surface area (Å²) in [6.07, 6.45) is 0. The molecule has 7 heteroatoms. The zero-order valence-corrected chi connectivity index (χ0v) is 20.8. The Balaban J connectivity index is 0.000000700. The Labute approximate surface area is 203 Å². The van der Waals surface area contributed by atoms with Gasteiger partial charge in [-0.15, -0.1) is 0 Å². The standard InChI is InChI=1S/C18H16N2O.C5H11NO.C2H6.2CH2O/c1-13-6-8-14(9-7-13)12-19-18(21)17-11-10-15-4-2-3-5-16(15)20-17;1-6-2-4-7-5-3-6;3*1-2/h2-11H,12H2,1H3,(H,19,21);2-5H2,1H3;1-2H3;2*1H2. The molecule has 1 aromatic heterocycles. The highest BCUT2D eigenvalue weighted by atomic mass is 16.5. The van der Waals surface area contributed by atoms with E-state index in [-0.39, 0.29) is 5.91 Å². The number of morpholine rings is 1. The molecule has 2 heterocycles. The fourth-order valence-electron chi connectivity index (χ4n) is 2.83. The number of ether oxygens (including phenoxy) is 1. The van der Waals surface area contributed by atoms with Gasteiger partial charge in [0.15, 0.2) is 0 Å². The van der Waals surface area contributed by atoms with E-state index in [0.717, 1.165) is 42.8 Å². The number of pyridine rings is 1. The minimum absolute atomic E-state index is 0.152. The van der Waals surface area contributed by atoms with Crippen LogP contribution < -0.4 is 5.32 Å². The number of carbonyl (C=O) groups is 3. The number of rotatable bonds is 3. The van der Waals surface area contributed by atoms with Crippen molar-refractivity contribution in [2.24, 2.45) is 0 Å². The molecule has 0 atom stereocenters. The van der Waals surface area contributed by atoms with Gasteiger partial charge in [0.05, 0.1) is 18.7 Å². The van der Waals surface area contributed by atoms with Crippen molar-refractivity contribution in [1.82, 2.24) is 15.2 Å². The fraction of sp³-hybridized carbons (Fsp3) is 0.333. The maximum absolute atomic E-state index is 12.2. The Hall–Kier alpha value is -3.42. The molecule has 0 spiro atoms. The third-order valence-corrected chi connectivity index (χ3v) is 4.64. The van der Waals surface area contributed by atoms with E-state index < -0.39 is 0 Å². The molecule has 1 aliphatic rings. The van der Waals surface area contributed by atoms with E-state index in [4.69, 9.17) is 14.3 Å². The van der Waals surface area contributed by atoms with Gasteiger partial charge in [-0.25, -0.2) is 4.98 Å². The zero-order valence-electron chi connectivity index (χ0n) is 20.8. The van der Waals surface area contributed by atoms with Gasteiger partial charge in [-0.05, 0) is 31.7 Å². The highest BCUT2D eigenvalue weighted by Gasteiger charge is 2.07. The van der Waals surface area contributed by atoms with Crippen molar-refractivity contribution in [3.63, 3.8) is 0 Å². The van der Waals surface area contributed by atoms with Crippen molar-refractivity contribution < 1.29 is 19.1 Å². The van der Waals surface area contributed by atoms with Gasteiger partial charge >= 0.3 is 0 Å². The number of aromatic nitrogens is 1. The number of nitrogens with zero attached hydrogens (tertiary/aromatic N) is 2. The molecule has 3 aromatic rings. The number of aryl methyl sites for hydroxylation is 1. The van der Waals surface area contributed by atoms with Gasteiger partial charge in [0.1, 0.15) is 19.3 Å². The Kier molecular flexibility index (Phi) is 17.2. The van der Waals surface area contributed by atoms with Crippen LogP contribution in [0.2, 0.25) is 0 Å². The lowest BCUT2D eigenvalue weighted by molar-refractivity contribution is -0.0987. The van der Waals surface area contributed by atoms with Crippen LogP contribution in [0.25, 0.3) is 10.9 Å². The molecule has 0 bridgehead atoms. The lowest BCUT2D eigenvalue weighted by atomic mass is 10.1. The summed E-state index contributed by atoms with van der Waals surface area (Å²) in [5, 5.41) is 3.93. The van der Waals surface area contributed by atoms with E-state index in [1.165, 1.54) is 5.56 Å². The van der Waals surface area contributed by atoms with Crippen LogP contribution in [0.15, 0.2) is 60.7 Å². The Morgan fingerprint density at radius 3 is 2.09 bits per heavy atom. The molecule has 1 aliphatic heterocycles. The van der Waals surface area contributed by atoms with E-state index in [1.54, 1.807) is 6.07 Å². The van der Waals surface area contributed by atoms with Gasteiger partial charge in [0.25, 0.3) is 5.91 Å². The maximum atomic E-state index is 12.2. The fourth-order valence-corrected chi connectivity index (χ4v) is 2.83. The number of amides is 1. The van der Waals surface area contributed by atoms with Crippen molar-refractivity contribution in [2.45, 2.75) is 27.3 Å². The monoisotopic (exact) mass is 467 g/mol. The summed E-state index contributed by atoms with van der Waals surface area (Å²) < 4.78 is 5.10. The van der Waals surface area contributed by atoms with Crippen molar-refractivity contribution >= 4 is 30.4 Å². The lowest BCUT2D eigenvalue weighted by Crippen LogP contribution is -2.32. The minimum Gasteiger partial charge on any atom is -0.379 e. The number of hydrogen-bond donors (Lipinski definition) is 1. The predicted molar refractivity (Wildman–Crippen MR) is 138 cm³/mol. The van der Waals surface area contributed by atoms with Crippen LogP contribution in [0.1, 0.15) is 35.5 Å². The van der Waals surface area contributed by atoms with Crippen LogP contribution in [0.4, 0.5) is 0 Å². The molecule has 1 N–H and O–H groups in total. The molecular weight excluding hydrogens is 430 g/mol. The largest absolute Gasteiger partial charge is 0.379 e. The third kappa shape index (κ3) is 11.4. The molecule has 4 rings (SSSR count). The summed E-state index contributed by atoms with van der Waals surface area (Å²) in [4.78, 5) is 34.8. The van der Waals surface area contributed by atoms with Gasteiger partial charge < -0.3 is 24.5 Å². The molecule has 0 unspecified atom stereocenters. The van der Waals surface area contributed by atoms with Gasteiger partial charge in [0, 0.05) is 25.0 Å². The van der Waals surface area contributed by atoms with E-state index in [2.05, 4.69) is 22.2 Å². The van der Waals surface area contributed by atoms with Gasteiger partial charge in [0.2, 0.25) is 0 Å². The Morgan fingerprint density at radius 2 is 1.53 bits per heavy atom. The molecule has 34 heavy (non-hydrogen) atoms. The molecule has 0 aliphatic carbocycles. The van der Waals surface area contributed by atoms with Crippen molar-refractivity contribution in [1.29, 1.82) is 0 Å². The molecule has 0 radical (unpaired) electrons. The number of carbonyl (C=O) groups excluding carboxylic acids is 3. The second-order valence-electron chi connectivity index (χ2n) is 6.97. The third-order valence-electron chi connectivity index (χ3n) is 4.64. The summed E-state index contributed by atoms with van der Waals surface area (Å²) in [5.41, 5.74) is 3.57. The predicted octanol–water partition coefficient (Wildman–Crippen LogP) is 4.08. The average Bonchev–Trinajstić information content (AvgIpc) is 2.92. The molecule has 7 nitrogen and oxygen atoms in total. The number of nitrogens with one attached hydrogen (secondary N) is 1. The van der Waals surface area contributed by atoms with Gasteiger partial charge in [-0.1, -0.05) is 67.9 Å². The maximum Gasteiger partial charge on any atom is 0.270 e. The lowest BCUT2D eigenvalue weighted by Gasteiger charge is -2.21. The van der Waals surface area contributed by atoms with Crippen LogP contribution in [-0.2, 0) is 20.9 Å². The Morgan fingerprint density at radius 1 is 0.941 bits per heavy atom. The van der Waals surface area contributed by atoms with Crippen LogP contribution in [0, 0.1) is 6.92 Å². The molecule has 1 amide bonds. The molecule has 1 saturated heterocycles. The molecule has 184 valence electrons. The second kappa shape index (κ2) is 19.1. The van der Waals surface area contributed by atoms with E-state index in [9.17, 15) is 4.79 Å². The smallest absolute Gasteiger partial charge is 0.270 e. The number of fused-ring (bicyclic) bond motifs is 1. The summed E-state index contributed by atoms with van der Waals surface area (Å²) in [5.74, 6) is -0.152. The number of benzene rings is 2. The van der Waals surface area contributed by atoms with Crippen LogP contribution in [0.5, 0.6) is 0 Å². The van der Waals surface area contributed by atoms with Crippen LogP contribution in [-0.4, -0.2) is 62.7 Å². The summed E-state index contributed by atoms with van der Waals surface area (Å²) in [7, 11) is 2.11. The Bertz CT molecular complexity index is 940.